The Labute approximate surface area is 108 Å². The molecular formula is C13H12BrFN2. The first kappa shape index (κ1) is 12.2. The molecule has 1 aromatic heterocycles. The lowest BCUT2D eigenvalue weighted by Gasteiger charge is -2.17. The molecule has 88 valence electrons. The van der Waals surface area contributed by atoms with Gasteiger partial charge in [-0.05, 0) is 42.4 Å². The molecular weight excluding hydrogens is 283 g/mol. The van der Waals surface area contributed by atoms with Crippen molar-refractivity contribution in [1.82, 2.24) is 10.3 Å². The number of nitrogens with zero attached hydrogens (tertiary/aromatic N) is 1. The molecule has 1 unspecified atom stereocenters. The van der Waals surface area contributed by atoms with E-state index >= 15 is 0 Å². The minimum absolute atomic E-state index is 0.0595. The van der Waals surface area contributed by atoms with E-state index in [-0.39, 0.29) is 11.9 Å². The summed E-state index contributed by atoms with van der Waals surface area (Å²) < 4.78 is 14.1. The second-order valence-corrected chi connectivity index (χ2v) is 4.63. The highest BCUT2D eigenvalue weighted by atomic mass is 79.9. The zero-order chi connectivity index (χ0) is 12.3. The number of pyridine rings is 1. The Bertz CT molecular complexity index is 482. The molecule has 0 saturated carbocycles. The maximum atomic E-state index is 13.4. The fourth-order valence-electron chi connectivity index (χ4n) is 1.81. The van der Waals surface area contributed by atoms with E-state index in [1.807, 2.05) is 25.2 Å². The number of halogens is 2. The predicted octanol–water partition coefficient (Wildman–Crippen LogP) is 3.29. The van der Waals surface area contributed by atoms with Gasteiger partial charge < -0.3 is 5.32 Å². The largest absolute Gasteiger partial charge is 0.309 e. The normalized spacial score (nSPS) is 12.4. The second kappa shape index (κ2) is 5.38. The summed E-state index contributed by atoms with van der Waals surface area (Å²) in [5.41, 5.74) is 1.87. The van der Waals surface area contributed by atoms with Gasteiger partial charge in [-0.2, -0.15) is 0 Å². The van der Waals surface area contributed by atoms with Crippen molar-refractivity contribution >= 4 is 15.9 Å². The molecule has 0 aliphatic carbocycles. The third-order valence-corrected chi connectivity index (χ3v) is 2.98. The van der Waals surface area contributed by atoms with Gasteiger partial charge in [0.05, 0.1) is 6.04 Å². The van der Waals surface area contributed by atoms with Crippen LogP contribution in [0.5, 0.6) is 0 Å². The van der Waals surface area contributed by atoms with Crippen LogP contribution in [0.3, 0.4) is 0 Å². The summed E-state index contributed by atoms with van der Waals surface area (Å²) in [4.78, 5) is 4.08. The van der Waals surface area contributed by atoms with E-state index in [2.05, 4.69) is 26.2 Å². The van der Waals surface area contributed by atoms with Gasteiger partial charge in [0.15, 0.2) is 0 Å². The van der Waals surface area contributed by atoms with Crippen LogP contribution in [0, 0.1) is 5.82 Å². The van der Waals surface area contributed by atoms with Crippen LogP contribution in [0.25, 0.3) is 0 Å². The van der Waals surface area contributed by atoms with Crippen molar-refractivity contribution in [3.05, 3.63) is 64.1 Å². The number of benzene rings is 1. The van der Waals surface area contributed by atoms with E-state index in [1.165, 1.54) is 12.1 Å². The Morgan fingerprint density at radius 1 is 1.29 bits per heavy atom. The molecule has 1 atom stereocenters. The van der Waals surface area contributed by atoms with Crippen LogP contribution in [0.2, 0.25) is 0 Å². The van der Waals surface area contributed by atoms with Gasteiger partial charge in [-0.1, -0.05) is 22.0 Å². The fourth-order valence-corrected chi connectivity index (χ4v) is 2.30. The first-order valence-electron chi connectivity index (χ1n) is 5.24. The molecule has 0 saturated heterocycles. The van der Waals surface area contributed by atoms with Gasteiger partial charge in [-0.3, -0.25) is 4.98 Å². The Kier molecular flexibility index (Phi) is 3.86. The van der Waals surface area contributed by atoms with Crippen LogP contribution in [0.15, 0.2) is 47.2 Å². The molecule has 17 heavy (non-hydrogen) atoms. The summed E-state index contributed by atoms with van der Waals surface area (Å²) in [5, 5.41) is 3.16. The third-order valence-electron chi connectivity index (χ3n) is 2.52. The predicted molar refractivity (Wildman–Crippen MR) is 69.2 cm³/mol. The molecule has 2 aromatic rings. The van der Waals surface area contributed by atoms with Crippen LogP contribution in [-0.2, 0) is 0 Å². The van der Waals surface area contributed by atoms with E-state index in [0.717, 1.165) is 15.6 Å². The van der Waals surface area contributed by atoms with E-state index in [4.69, 9.17) is 0 Å². The summed E-state index contributed by atoms with van der Waals surface area (Å²) >= 11 is 3.30. The van der Waals surface area contributed by atoms with Crippen molar-refractivity contribution in [2.24, 2.45) is 0 Å². The molecule has 2 nitrogen and oxygen atoms in total. The topological polar surface area (TPSA) is 24.9 Å². The highest BCUT2D eigenvalue weighted by Gasteiger charge is 2.13. The average Bonchev–Trinajstić information content (AvgIpc) is 2.30. The van der Waals surface area contributed by atoms with Crippen molar-refractivity contribution in [3.8, 4) is 0 Å². The fraction of sp³-hybridized carbons (Fsp3) is 0.154. The summed E-state index contributed by atoms with van der Waals surface area (Å²) in [5.74, 6) is -0.251. The van der Waals surface area contributed by atoms with Gasteiger partial charge in [0, 0.05) is 16.9 Å². The third kappa shape index (κ3) is 2.90. The summed E-state index contributed by atoms with van der Waals surface area (Å²) in [6.07, 6.45) is 3.50. The monoisotopic (exact) mass is 294 g/mol. The van der Waals surface area contributed by atoms with E-state index in [9.17, 15) is 4.39 Å². The van der Waals surface area contributed by atoms with Crippen molar-refractivity contribution in [2.75, 3.05) is 7.05 Å². The number of rotatable bonds is 3. The first-order valence-corrected chi connectivity index (χ1v) is 6.03. The summed E-state index contributed by atoms with van der Waals surface area (Å²) in [6, 6.07) is 8.65. The van der Waals surface area contributed by atoms with Gasteiger partial charge in [0.1, 0.15) is 5.82 Å². The molecule has 1 aromatic carbocycles. The molecule has 2 rings (SSSR count). The van der Waals surface area contributed by atoms with Crippen LogP contribution in [0.1, 0.15) is 17.2 Å². The minimum Gasteiger partial charge on any atom is -0.309 e. The molecule has 0 aliphatic rings. The highest BCUT2D eigenvalue weighted by molar-refractivity contribution is 9.10. The lowest BCUT2D eigenvalue weighted by Crippen LogP contribution is -2.18. The van der Waals surface area contributed by atoms with E-state index in [0.29, 0.717) is 0 Å². The highest BCUT2D eigenvalue weighted by Crippen LogP contribution is 2.24. The Balaban J connectivity index is 2.42. The number of aromatic nitrogens is 1. The van der Waals surface area contributed by atoms with Gasteiger partial charge in [-0.25, -0.2) is 4.39 Å². The molecule has 0 aliphatic heterocycles. The number of nitrogens with one attached hydrogen (secondary N) is 1. The zero-order valence-corrected chi connectivity index (χ0v) is 10.9. The maximum Gasteiger partial charge on any atom is 0.124 e. The van der Waals surface area contributed by atoms with Crippen molar-refractivity contribution < 1.29 is 4.39 Å². The summed E-state index contributed by atoms with van der Waals surface area (Å²) in [7, 11) is 1.84. The molecule has 0 fully saturated rings. The summed E-state index contributed by atoms with van der Waals surface area (Å²) in [6.45, 7) is 0. The van der Waals surface area contributed by atoms with Crippen LogP contribution < -0.4 is 5.32 Å². The molecule has 0 bridgehead atoms. The average molecular weight is 295 g/mol. The number of hydrogen-bond donors (Lipinski definition) is 1. The lowest BCUT2D eigenvalue weighted by atomic mass is 10.0. The number of hydrogen-bond acceptors (Lipinski definition) is 2. The van der Waals surface area contributed by atoms with Gasteiger partial charge >= 0.3 is 0 Å². The van der Waals surface area contributed by atoms with Crippen LogP contribution >= 0.6 is 15.9 Å². The standard InChI is InChI=1S/C13H12BrFN2/c1-16-13(9-3-2-4-17-8-9)10-5-11(14)7-12(15)6-10/h2-8,13,16H,1H3. The molecule has 0 radical (unpaired) electrons. The maximum absolute atomic E-state index is 13.4. The molecule has 0 amide bonds. The quantitative estimate of drug-likeness (QED) is 0.940. The zero-order valence-electron chi connectivity index (χ0n) is 9.32. The first-order chi connectivity index (χ1) is 8.20. The smallest absolute Gasteiger partial charge is 0.124 e. The lowest BCUT2D eigenvalue weighted by molar-refractivity contribution is 0.615. The van der Waals surface area contributed by atoms with Crippen LogP contribution in [-0.4, -0.2) is 12.0 Å². The van der Waals surface area contributed by atoms with Crippen LogP contribution in [0.4, 0.5) is 4.39 Å². The van der Waals surface area contributed by atoms with Crippen molar-refractivity contribution in [3.63, 3.8) is 0 Å². The van der Waals surface area contributed by atoms with Gasteiger partial charge in [0.25, 0.3) is 0 Å². The van der Waals surface area contributed by atoms with E-state index < -0.39 is 0 Å². The van der Waals surface area contributed by atoms with E-state index in [1.54, 1.807) is 12.4 Å². The van der Waals surface area contributed by atoms with Gasteiger partial charge in [0.2, 0.25) is 0 Å². The minimum atomic E-state index is -0.251. The SMILES string of the molecule is CNC(c1cccnc1)c1cc(F)cc(Br)c1. The Morgan fingerprint density at radius 2 is 2.12 bits per heavy atom. The van der Waals surface area contributed by atoms with Gasteiger partial charge in [-0.15, -0.1) is 0 Å². The second-order valence-electron chi connectivity index (χ2n) is 3.71. The Morgan fingerprint density at radius 3 is 2.71 bits per heavy atom. The Hall–Kier alpha value is -1.26. The molecule has 1 heterocycles. The van der Waals surface area contributed by atoms with Crippen molar-refractivity contribution in [2.45, 2.75) is 6.04 Å². The molecule has 0 spiro atoms. The van der Waals surface area contributed by atoms with Crippen molar-refractivity contribution in [1.29, 1.82) is 0 Å². The molecule has 1 N–H and O–H groups in total. The molecule has 4 heteroatoms.